The second kappa shape index (κ2) is 7.92. The second-order valence-corrected chi connectivity index (χ2v) is 7.44. The average molecular weight is 396 g/mol. The molecule has 2 atom stereocenters. The fourth-order valence-electron chi connectivity index (χ4n) is 3.62. The smallest absolute Gasteiger partial charge is 0.313 e. The van der Waals surface area contributed by atoms with Crippen LogP contribution < -0.4 is 0 Å². The molecule has 144 valence electrons. The number of piperidine rings is 1. The Balaban J connectivity index is 1.82. The number of hydrogen-bond donors (Lipinski definition) is 2. The molecule has 2 aromatic carbocycles. The zero-order valence-electron chi connectivity index (χ0n) is 14.5. The van der Waals surface area contributed by atoms with E-state index in [-0.39, 0.29) is 18.0 Å². The number of rotatable bonds is 5. The van der Waals surface area contributed by atoms with Gasteiger partial charge >= 0.3 is 5.97 Å². The number of benzene rings is 2. The van der Waals surface area contributed by atoms with Gasteiger partial charge in [-0.1, -0.05) is 29.8 Å². The zero-order chi connectivity index (χ0) is 19.6. The van der Waals surface area contributed by atoms with Crippen LogP contribution in [-0.4, -0.2) is 40.3 Å². The Labute approximate surface area is 161 Å². The van der Waals surface area contributed by atoms with Gasteiger partial charge in [-0.05, 0) is 48.2 Å². The highest BCUT2D eigenvalue weighted by molar-refractivity contribution is 6.30. The van der Waals surface area contributed by atoms with Crippen LogP contribution in [0, 0.1) is 17.0 Å². The summed E-state index contributed by atoms with van der Waals surface area (Å²) >= 11 is 5.82. The largest absolute Gasteiger partial charge is 0.481 e. The minimum absolute atomic E-state index is 0.0142. The van der Waals surface area contributed by atoms with Gasteiger partial charge in [-0.25, -0.2) is 8.78 Å². The summed E-state index contributed by atoms with van der Waals surface area (Å²) in [4.78, 5) is 14.0. The third kappa shape index (κ3) is 4.29. The quantitative estimate of drug-likeness (QED) is 0.813. The average Bonchev–Trinajstić information content (AvgIpc) is 2.63. The lowest BCUT2D eigenvalue weighted by Crippen LogP contribution is -2.56. The number of halogens is 3. The molecule has 1 aliphatic heterocycles. The van der Waals surface area contributed by atoms with Crippen LogP contribution >= 0.6 is 11.6 Å². The minimum Gasteiger partial charge on any atom is -0.481 e. The fourth-order valence-corrected chi connectivity index (χ4v) is 3.82. The third-order valence-corrected chi connectivity index (χ3v) is 5.40. The van der Waals surface area contributed by atoms with E-state index in [9.17, 15) is 23.8 Å². The van der Waals surface area contributed by atoms with Gasteiger partial charge in [0.2, 0.25) is 0 Å². The summed E-state index contributed by atoms with van der Waals surface area (Å²) in [5.41, 5.74) is 0.00304. The molecule has 3 rings (SSSR count). The number of aliphatic carboxylic acids is 1. The summed E-state index contributed by atoms with van der Waals surface area (Å²) in [6.45, 7) is 1.02. The van der Waals surface area contributed by atoms with Crippen LogP contribution in [0.15, 0.2) is 42.5 Å². The molecule has 1 heterocycles. The van der Waals surface area contributed by atoms with E-state index in [1.165, 1.54) is 36.4 Å². The number of carboxylic acids is 1. The van der Waals surface area contributed by atoms with Gasteiger partial charge in [0.25, 0.3) is 0 Å². The number of carboxylic acid groups (broad SMARTS) is 1. The molecule has 1 aliphatic rings. The van der Waals surface area contributed by atoms with E-state index < -0.39 is 29.1 Å². The molecular formula is C20H20ClF2NO3. The van der Waals surface area contributed by atoms with Crippen molar-refractivity contribution in [2.75, 3.05) is 13.1 Å². The summed E-state index contributed by atoms with van der Waals surface area (Å²) in [5, 5.41) is 20.4. The summed E-state index contributed by atoms with van der Waals surface area (Å²) in [5.74, 6) is -2.01. The Morgan fingerprint density at radius 3 is 2.48 bits per heavy atom. The Bertz CT molecular complexity index is 830. The molecule has 0 aliphatic carbocycles. The van der Waals surface area contributed by atoms with Crippen LogP contribution in [0.4, 0.5) is 8.78 Å². The summed E-state index contributed by atoms with van der Waals surface area (Å²) in [6, 6.07) is 10.0. The fraction of sp³-hybridized carbons (Fsp3) is 0.350. The second-order valence-electron chi connectivity index (χ2n) is 7.03. The molecule has 0 unspecified atom stereocenters. The van der Waals surface area contributed by atoms with Crippen molar-refractivity contribution in [3.63, 3.8) is 0 Å². The van der Waals surface area contributed by atoms with Gasteiger partial charge in [-0.15, -0.1) is 0 Å². The van der Waals surface area contributed by atoms with E-state index in [1.807, 2.05) is 4.90 Å². The topological polar surface area (TPSA) is 60.8 Å². The zero-order valence-corrected chi connectivity index (χ0v) is 15.3. The van der Waals surface area contributed by atoms with Gasteiger partial charge < -0.3 is 10.2 Å². The maximum absolute atomic E-state index is 13.3. The molecule has 7 heteroatoms. The number of nitrogens with zero attached hydrogens (tertiary/aromatic N) is 1. The van der Waals surface area contributed by atoms with E-state index in [0.717, 1.165) is 5.56 Å². The van der Waals surface area contributed by atoms with E-state index in [1.54, 1.807) is 6.07 Å². The van der Waals surface area contributed by atoms with Gasteiger partial charge in [-0.3, -0.25) is 9.69 Å². The van der Waals surface area contributed by atoms with Crippen LogP contribution in [0.25, 0.3) is 0 Å². The van der Waals surface area contributed by atoms with Gasteiger partial charge in [-0.2, -0.15) is 0 Å². The molecule has 0 aromatic heterocycles. The summed E-state index contributed by atoms with van der Waals surface area (Å²) < 4.78 is 26.5. The molecule has 0 radical (unpaired) electrons. The van der Waals surface area contributed by atoms with Crippen molar-refractivity contribution in [2.24, 2.45) is 5.41 Å². The van der Waals surface area contributed by atoms with Gasteiger partial charge in [0.15, 0.2) is 0 Å². The highest BCUT2D eigenvalue weighted by Gasteiger charge is 2.49. The van der Waals surface area contributed by atoms with Crippen molar-refractivity contribution in [3.8, 4) is 0 Å². The van der Waals surface area contributed by atoms with Crippen molar-refractivity contribution in [2.45, 2.75) is 25.5 Å². The van der Waals surface area contributed by atoms with Crippen LogP contribution in [-0.2, 0) is 17.8 Å². The minimum atomic E-state index is -1.40. The third-order valence-electron chi connectivity index (χ3n) is 5.11. The van der Waals surface area contributed by atoms with Crippen LogP contribution in [0.3, 0.4) is 0 Å². The molecule has 0 amide bonds. The Hall–Kier alpha value is -2.02. The predicted octanol–water partition coefficient (Wildman–Crippen LogP) is 3.50. The van der Waals surface area contributed by atoms with Gasteiger partial charge in [0, 0.05) is 19.6 Å². The number of likely N-dealkylation sites (tertiary alicyclic amines) is 1. The van der Waals surface area contributed by atoms with Crippen molar-refractivity contribution < 1.29 is 23.8 Å². The lowest BCUT2D eigenvalue weighted by atomic mass is 9.72. The standard InChI is InChI=1S/C20H20ClF2NO3/c21-16-9-14(3-6-17(16)23)11-24-8-7-18(25)20(12-24,19(26)27)10-13-1-4-15(22)5-2-13/h1-6,9,18,25H,7-8,10-12H2,(H,26,27)/t18-,20-/m1/s1. The van der Waals surface area contributed by atoms with Crippen molar-refractivity contribution in [1.29, 1.82) is 0 Å². The number of aliphatic hydroxyl groups excluding tert-OH is 1. The Morgan fingerprint density at radius 2 is 1.85 bits per heavy atom. The summed E-state index contributed by atoms with van der Waals surface area (Å²) in [7, 11) is 0. The molecule has 0 saturated carbocycles. The van der Waals surface area contributed by atoms with Gasteiger partial charge in [0.05, 0.1) is 11.1 Å². The lowest BCUT2D eigenvalue weighted by Gasteiger charge is -2.43. The molecular weight excluding hydrogens is 376 g/mol. The Kier molecular flexibility index (Phi) is 5.79. The lowest BCUT2D eigenvalue weighted by molar-refractivity contribution is -0.163. The van der Waals surface area contributed by atoms with Crippen LogP contribution in [0.2, 0.25) is 5.02 Å². The van der Waals surface area contributed by atoms with E-state index in [4.69, 9.17) is 11.6 Å². The Morgan fingerprint density at radius 1 is 1.19 bits per heavy atom. The first kappa shape index (κ1) is 19.7. The van der Waals surface area contributed by atoms with E-state index >= 15 is 0 Å². The highest BCUT2D eigenvalue weighted by Crippen LogP contribution is 2.35. The van der Waals surface area contributed by atoms with E-state index in [2.05, 4.69) is 0 Å². The first-order valence-corrected chi connectivity index (χ1v) is 9.00. The van der Waals surface area contributed by atoms with Crippen molar-refractivity contribution >= 4 is 17.6 Å². The molecule has 2 N–H and O–H groups in total. The number of hydrogen-bond acceptors (Lipinski definition) is 3. The SMILES string of the molecule is O=C(O)[C@]1(Cc2ccc(F)cc2)CN(Cc2ccc(F)c(Cl)c2)CC[C@H]1O. The predicted molar refractivity (Wildman–Crippen MR) is 97.5 cm³/mol. The van der Waals surface area contributed by atoms with Crippen LogP contribution in [0.1, 0.15) is 17.5 Å². The normalized spacial score (nSPS) is 23.3. The number of aliphatic hydroxyl groups is 1. The molecule has 0 spiro atoms. The maximum atomic E-state index is 13.3. The molecule has 1 saturated heterocycles. The first-order chi connectivity index (χ1) is 12.8. The highest BCUT2D eigenvalue weighted by atomic mass is 35.5. The first-order valence-electron chi connectivity index (χ1n) is 8.62. The molecule has 1 fully saturated rings. The van der Waals surface area contributed by atoms with Crippen LogP contribution in [0.5, 0.6) is 0 Å². The monoisotopic (exact) mass is 395 g/mol. The van der Waals surface area contributed by atoms with Crippen molar-refractivity contribution in [1.82, 2.24) is 4.90 Å². The molecule has 27 heavy (non-hydrogen) atoms. The number of carbonyl (C=O) groups is 1. The summed E-state index contributed by atoms with van der Waals surface area (Å²) in [6.07, 6.45) is -0.638. The van der Waals surface area contributed by atoms with E-state index in [0.29, 0.717) is 25.1 Å². The van der Waals surface area contributed by atoms with Crippen molar-refractivity contribution in [3.05, 3.63) is 70.2 Å². The maximum Gasteiger partial charge on any atom is 0.313 e. The van der Waals surface area contributed by atoms with Gasteiger partial charge in [0.1, 0.15) is 17.0 Å². The molecule has 2 aromatic rings. The molecule has 4 nitrogen and oxygen atoms in total. The molecule has 0 bridgehead atoms.